The molecule has 0 aromatic heterocycles. The fourth-order valence-corrected chi connectivity index (χ4v) is 16.6. The number of ether oxygens (including phenoxy) is 1. The first-order chi connectivity index (χ1) is 17.4. The van der Waals surface area contributed by atoms with Crippen LogP contribution in [0.4, 0.5) is 0 Å². The van der Waals surface area contributed by atoms with Crippen LogP contribution in [0.1, 0.15) is 106 Å². The highest BCUT2D eigenvalue weighted by Crippen LogP contribution is 2.68. The normalized spacial score (nSPS) is 25.3. The van der Waals surface area contributed by atoms with Gasteiger partial charge >= 0.3 is 0 Å². The van der Waals surface area contributed by atoms with Crippen LogP contribution in [0.3, 0.4) is 0 Å². The maximum atomic E-state index is 12.7. The van der Waals surface area contributed by atoms with E-state index in [1.54, 1.807) is 0 Å². The highest BCUT2D eigenvalue weighted by atomic mass is 31.1. The van der Waals surface area contributed by atoms with Crippen molar-refractivity contribution in [1.29, 1.82) is 0 Å². The number of benzene rings is 2. The molecule has 3 heterocycles. The van der Waals surface area contributed by atoms with Crippen molar-refractivity contribution in [3.05, 3.63) is 47.5 Å². The Kier molecular flexibility index (Phi) is 6.42. The number of hydrogen-bond acceptors (Lipinski definition) is 3. The molecule has 3 aliphatic rings. The van der Waals surface area contributed by atoms with Gasteiger partial charge in [0.15, 0.2) is 0 Å². The molecule has 0 spiro atoms. The summed E-state index contributed by atoms with van der Waals surface area (Å²) in [7, 11) is -1.36. The van der Waals surface area contributed by atoms with Gasteiger partial charge in [-0.1, -0.05) is 121 Å². The van der Waals surface area contributed by atoms with Gasteiger partial charge < -0.3 is 4.74 Å². The van der Waals surface area contributed by atoms with Crippen molar-refractivity contribution in [2.75, 3.05) is 0 Å². The van der Waals surface area contributed by atoms with Crippen LogP contribution in [-0.2, 0) is 15.0 Å². The third-order valence-electron chi connectivity index (χ3n) is 8.96. The molecule has 0 aliphatic carbocycles. The largest absolute Gasteiger partial charge is 0.455 e. The molecule has 204 valence electrons. The van der Waals surface area contributed by atoms with Crippen molar-refractivity contribution in [2.45, 2.75) is 121 Å². The molecule has 3 nitrogen and oxygen atoms in total. The summed E-state index contributed by atoms with van der Waals surface area (Å²) in [4.78, 5) is 25.5. The van der Waals surface area contributed by atoms with E-state index in [2.05, 4.69) is 106 Å². The van der Waals surface area contributed by atoms with Gasteiger partial charge in [-0.3, -0.25) is 9.59 Å². The molecule has 2 fully saturated rings. The molecule has 0 radical (unpaired) electrons. The van der Waals surface area contributed by atoms with E-state index in [1.165, 1.54) is 21.7 Å². The maximum absolute atomic E-state index is 12.7. The average molecular weight is 551 g/mol. The summed E-state index contributed by atoms with van der Waals surface area (Å²) >= 11 is 0. The molecule has 0 saturated carbocycles. The minimum absolute atomic E-state index is 0.103. The number of para-hydroxylation sites is 2. The van der Waals surface area contributed by atoms with Gasteiger partial charge in [0.2, 0.25) is 0 Å². The van der Waals surface area contributed by atoms with Gasteiger partial charge in [0.05, 0.1) is 0 Å². The zero-order valence-corrected chi connectivity index (χ0v) is 26.7. The Morgan fingerprint density at radius 1 is 0.553 bits per heavy atom. The van der Waals surface area contributed by atoms with E-state index in [-0.39, 0.29) is 26.0 Å². The van der Waals surface area contributed by atoms with Crippen molar-refractivity contribution < 1.29 is 14.3 Å². The van der Waals surface area contributed by atoms with Gasteiger partial charge in [-0.2, -0.15) is 0 Å². The number of carbonyl (C=O) groups is 2. The Balaban J connectivity index is 1.72. The van der Waals surface area contributed by atoms with Crippen LogP contribution in [0, 0.1) is 0 Å². The molecule has 0 N–H and O–H groups in total. The van der Waals surface area contributed by atoms with Crippen molar-refractivity contribution in [3.63, 3.8) is 0 Å². The van der Waals surface area contributed by atoms with Crippen molar-refractivity contribution in [3.8, 4) is 11.5 Å². The number of hydrogen-bond donors (Lipinski definition) is 0. The summed E-state index contributed by atoms with van der Waals surface area (Å²) in [5.41, 5.74) is 2.24. The number of carbonyl (C=O) groups excluding carboxylic acids is 2. The van der Waals surface area contributed by atoms with Gasteiger partial charge in [0.25, 0.3) is 0 Å². The van der Waals surface area contributed by atoms with E-state index in [0.717, 1.165) is 11.5 Å². The summed E-state index contributed by atoms with van der Waals surface area (Å²) in [6, 6.07) is 13.4. The fraction of sp³-hybridized carbons (Fsp3) is 0.576. The Labute approximate surface area is 232 Å². The van der Waals surface area contributed by atoms with Crippen LogP contribution in [0.15, 0.2) is 36.4 Å². The third kappa shape index (κ3) is 4.32. The van der Waals surface area contributed by atoms with Crippen LogP contribution in [-0.4, -0.2) is 32.2 Å². The first-order valence-electron chi connectivity index (χ1n) is 14.0. The zero-order chi connectivity index (χ0) is 28.1. The van der Waals surface area contributed by atoms with Crippen LogP contribution < -0.4 is 15.3 Å². The standard InChI is InChI=1S/C33H44O3P2/c1-29(2)17-21(34)18-30(3,4)37(29)25-15-11-13-23-27(25)36-28-24(33(23,9)10)14-12-16-26(28)38-31(5,6)19-22(35)20-32(38,7)8/h11-16H,17-20H2,1-10H3. The Morgan fingerprint density at radius 2 is 0.868 bits per heavy atom. The molecule has 3 aliphatic heterocycles. The van der Waals surface area contributed by atoms with E-state index in [4.69, 9.17) is 4.74 Å². The highest BCUT2D eigenvalue weighted by molar-refractivity contribution is 7.69. The van der Waals surface area contributed by atoms with Gasteiger partial charge in [0, 0.05) is 52.8 Å². The molecule has 0 amide bonds. The molecule has 2 aromatic rings. The number of Topliss-reactive ketones (excluding diaryl/α,β-unsaturated/α-hetero) is 2. The SMILES string of the molecule is CC1(C)c2cccc(P3C(C)(C)CC(=O)CC3(C)C)c2Oc2c(P3C(C)(C)CC(=O)CC3(C)C)cccc21. The Bertz CT molecular complexity index is 1190. The van der Waals surface area contributed by atoms with E-state index in [0.29, 0.717) is 37.2 Å². The van der Waals surface area contributed by atoms with Gasteiger partial charge in [-0.05, 0) is 20.6 Å². The Morgan fingerprint density at radius 3 is 1.18 bits per heavy atom. The number of fused-ring (bicyclic) bond motifs is 2. The molecule has 0 unspecified atom stereocenters. The molecule has 2 saturated heterocycles. The number of ketones is 2. The van der Waals surface area contributed by atoms with Crippen LogP contribution in [0.5, 0.6) is 11.5 Å². The second kappa shape index (κ2) is 8.72. The lowest BCUT2D eigenvalue weighted by atomic mass is 9.76. The molecular formula is C33H44O3P2. The summed E-state index contributed by atoms with van der Waals surface area (Å²) in [5, 5.41) is 2.17. The quantitative estimate of drug-likeness (QED) is 0.354. The third-order valence-corrected chi connectivity index (χ3v) is 16.1. The van der Waals surface area contributed by atoms with Gasteiger partial charge in [-0.25, -0.2) is 0 Å². The maximum Gasteiger partial charge on any atom is 0.139 e. The summed E-state index contributed by atoms with van der Waals surface area (Å²) in [6.45, 7) is 22.8. The second-order valence-electron chi connectivity index (χ2n) is 14.7. The van der Waals surface area contributed by atoms with E-state index < -0.39 is 15.8 Å². The number of rotatable bonds is 2. The smallest absolute Gasteiger partial charge is 0.139 e. The van der Waals surface area contributed by atoms with Crippen LogP contribution >= 0.6 is 15.8 Å². The molecular weight excluding hydrogens is 506 g/mol. The molecule has 0 atom stereocenters. The van der Waals surface area contributed by atoms with Gasteiger partial charge in [0.1, 0.15) is 23.1 Å². The summed E-state index contributed by atoms with van der Waals surface area (Å²) in [5.74, 6) is 2.77. The first-order valence-corrected chi connectivity index (χ1v) is 16.7. The topological polar surface area (TPSA) is 43.4 Å². The van der Waals surface area contributed by atoms with Crippen molar-refractivity contribution in [2.24, 2.45) is 0 Å². The highest BCUT2D eigenvalue weighted by Gasteiger charge is 2.52. The predicted octanol–water partition coefficient (Wildman–Crippen LogP) is 8.17. The predicted molar refractivity (Wildman–Crippen MR) is 163 cm³/mol. The van der Waals surface area contributed by atoms with Crippen molar-refractivity contribution >= 4 is 38.0 Å². The molecule has 38 heavy (non-hydrogen) atoms. The minimum atomic E-state index is -0.679. The fourth-order valence-electron chi connectivity index (χ4n) is 8.16. The first kappa shape index (κ1) is 28.0. The summed E-state index contributed by atoms with van der Waals surface area (Å²) in [6.07, 6.45) is 2.49. The van der Waals surface area contributed by atoms with Crippen molar-refractivity contribution in [1.82, 2.24) is 0 Å². The minimum Gasteiger partial charge on any atom is -0.455 e. The van der Waals surface area contributed by atoms with Crippen LogP contribution in [0.25, 0.3) is 0 Å². The van der Waals surface area contributed by atoms with E-state index >= 15 is 0 Å². The summed E-state index contributed by atoms with van der Waals surface area (Å²) < 4.78 is 7.17. The monoisotopic (exact) mass is 550 g/mol. The lowest BCUT2D eigenvalue weighted by Crippen LogP contribution is -2.45. The molecule has 0 bridgehead atoms. The van der Waals surface area contributed by atoms with Crippen LogP contribution in [0.2, 0.25) is 0 Å². The Hall–Kier alpha value is -1.56. The second-order valence-corrected chi connectivity index (χ2v) is 21.9. The molecule has 5 heteroatoms. The lowest BCUT2D eigenvalue weighted by Gasteiger charge is -2.51. The zero-order valence-electron chi connectivity index (χ0n) is 24.9. The van der Waals surface area contributed by atoms with E-state index in [1.807, 2.05) is 0 Å². The van der Waals surface area contributed by atoms with E-state index in [9.17, 15) is 9.59 Å². The molecule has 5 rings (SSSR count). The lowest BCUT2D eigenvalue weighted by molar-refractivity contribution is -0.121. The van der Waals surface area contributed by atoms with Gasteiger partial charge in [-0.15, -0.1) is 0 Å². The molecule has 2 aromatic carbocycles. The average Bonchev–Trinajstić information content (AvgIpc) is 2.70.